The minimum absolute atomic E-state index is 0.0157. The summed E-state index contributed by atoms with van der Waals surface area (Å²) in [6.07, 6.45) is 0. The number of sulfonamides is 2. The van der Waals surface area contributed by atoms with E-state index in [0.717, 1.165) is 4.31 Å². The quantitative estimate of drug-likeness (QED) is 0.657. The van der Waals surface area contributed by atoms with Gasteiger partial charge in [0.25, 0.3) is 5.91 Å². The maximum absolute atomic E-state index is 12.7. The van der Waals surface area contributed by atoms with Crippen molar-refractivity contribution < 1.29 is 21.6 Å². The molecule has 164 valence electrons. The van der Waals surface area contributed by atoms with Crippen molar-refractivity contribution in [3.05, 3.63) is 59.7 Å². The van der Waals surface area contributed by atoms with Crippen LogP contribution in [0.3, 0.4) is 0 Å². The summed E-state index contributed by atoms with van der Waals surface area (Å²) in [5.74, 6) is -0.503. The first-order valence-corrected chi connectivity index (χ1v) is 12.1. The Balaban J connectivity index is 2.26. The molecule has 0 bridgehead atoms. The molecule has 8 nitrogen and oxygen atoms in total. The number of rotatable bonds is 8. The van der Waals surface area contributed by atoms with Gasteiger partial charge < -0.3 is 5.32 Å². The molecule has 0 fully saturated rings. The lowest BCUT2D eigenvalue weighted by molar-refractivity contribution is 0.0950. The number of carbonyl (C=O) groups excluding carboxylic acids is 1. The molecule has 0 spiro atoms. The molecule has 2 rings (SSSR count). The molecular weight excluding hydrogens is 426 g/mol. The van der Waals surface area contributed by atoms with Crippen LogP contribution in [0.1, 0.15) is 29.8 Å². The van der Waals surface area contributed by atoms with Crippen LogP contribution < -0.4 is 5.32 Å². The summed E-state index contributed by atoms with van der Waals surface area (Å²) in [4.78, 5) is 12.7. The number of nitrogens with one attached hydrogen (secondary N) is 1. The fourth-order valence-electron chi connectivity index (χ4n) is 2.62. The molecule has 0 heterocycles. The Hall–Kier alpha value is -2.27. The molecule has 0 saturated heterocycles. The van der Waals surface area contributed by atoms with Gasteiger partial charge in [-0.2, -0.15) is 4.31 Å². The Morgan fingerprint density at radius 1 is 0.933 bits per heavy atom. The second-order valence-corrected chi connectivity index (χ2v) is 11.3. The van der Waals surface area contributed by atoms with Gasteiger partial charge in [-0.1, -0.05) is 24.3 Å². The monoisotopic (exact) mass is 453 g/mol. The molecule has 0 aliphatic rings. The van der Waals surface area contributed by atoms with Gasteiger partial charge in [-0.05, 0) is 43.7 Å². The average molecular weight is 454 g/mol. The Morgan fingerprint density at radius 3 is 2.17 bits per heavy atom. The van der Waals surface area contributed by atoms with Gasteiger partial charge in [0.2, 0.25) is 20.0 Å². The molecule has 0 atom stereocenters. The van der Waals surface area contributed by atoms with E-state index in [9.17, 15) is 21.6 Å². The van der Waals surface area contributed by atoms with Crippen molar-refractivity contribution in [3.63, 3.8) is 0 Å². The first-order chi connectivity index (χ1) is 13.9. The van der Waals surface area contributed by atoms with Crippen LogP contribution in [0, 0.1) is 0 Å². The van der Waals surface area contributed by atoms with E-state index in [1.807, 2.05) is 0 Å². The first-order valence-electron chi connectivity index (χ1n) is 9.25. The van der Waals surface area contributed by atoms with Crippen LogP contribution in [0.25, 0.3) is 0 Å². The van der Waals surface area contributed by atoms with Gasteiger partial charge in [0.1, 0.15) is 0 Å². The van der Waals surface area contributed by atoms with Crippen LogP contribution in [-0.2, 0) is 26.6 Å². The van der Waals surface area contributed by atoms with Gasteiger partial charge in [0.15, 0.2) is 0 Å². The molecule has 0 radical (unpaired) electrons. The van der Waals surface area contributed by atoms with E-state index in [2.05, 4.69) is 5.32 Å². The van der Waals surface area contributed by atoms with Gasteiger partial charge in [0.05, 0.1) is 9.79 Å². The second-order valence-electron chi connectivity index (χ2n) is 7.22. The molecule has 2 aromatic rings. The summed E-state index contributed by atoms with van der Waals surface area (Å²) >= 11 is 0. The summed E-state index contributed by atoms with van der Waals surface area (Å²) in [5, 5.41) is 2.67. The zero-order valence-electron chi connectivity index (χ0n) is 17.7. The molecular formula is C20H27N3O5S2. The van der Waals surface area contributed by atoms with E-state index in [1.54, 1.807) is 32.0 Å². The zero-order valence-corrected chi connectivity index (χ0v) is 19.3. The maximum Gasteiger partial charge on any atom is 0.251 e. The summed E-state index contributed by atoms with van der Waals surface area (Å²) in [7, 11) is -3.04. The van der Waals surface area contributed by atoms with E-state index in [-0.39, 0.29) is 27.9 Å². The fourth-order valence-corrected chi connectivity index (χ4v) is 5.15. The molecule has 10 heteroatoms. The van der Waals surface area contributed by atoms with E-state index in [4.69, 9.17) is 0 Å². The average Bonchev–Trinajstić information content (AvgIpc) is 2.71. The Kier molecular flexibility index (Phi) is 7.40. The van der Waals surface area contributed by atoms with E-state index in [0.29, 0.717) is 5.56 Å². The number of benzene rings is 2. The highest BCUT2D eigenvalue weighted by atomic mass is 32.2. The fraction of sp³-hybridized carbons (Fsp3) is 0.350. The third-order valence-electron chi connectivity index (χ3n) is 4.67. The second kappa shape index (κ2) is 9.25. The molecule has 30 heavy (non-hydrogen) atoms. The van der Waals surface area contributed by atoms with Crippen molar-refractivity contribution in [1.82, 2.24) is 13.9 Å². The standard InChI is InChI=1S/C20H27N3O5S2/c1-15(2)23(5)29(25,26)18-11-8-10-16(13-18)20(24)21-14-17-9-6-7-12-19(17)30(27,28)22(3)4/h6-13,15H,14H2,1-5H3,(H,21,24). The number of amides is 1. The molecule has 0 aliphatic heterocycles. The van der Waals surface area contributed by atoms with Crippen molar-refractivity contribution in [3.8, 4) is 0 Å². The van der Waals surface area contributed by atoms with Crippen molar-refractivity contribution in [1.29, 1.82) is 0 Å². The number of hydrogen-bond acceptors (Lipinski definition) is 5. The lowest BCUT2D eigenvalue weighted by Crippen LogP contribution is -2.33. The lowest BCUT2D eigenvalue weighted by atomic mass is 10.2. The summed E-state index contributed by atoms with van der Waals surface area (Å²) < 4.78 is 52.6. The highest BCUT2D eigenvalue weighted by Gasteiger charge is 2.24. The van der Waals surface area contributed by atoms with E-state index >= 15 is 0 Å². The minimum Gasteiger partial charge on any atom is -0.348 e. The molecule has 0 unspecified atom stereocenters. The van der Waals surface area contributed by atoms with Crippen LogP contribution in [-0.4, -0.2) is 58.5 Å². The minimum atomic E-state index is -3.73. The van der Waals surface area contributed by atoms with E-state index < -0.39 is 26.0 Å². The molecule has 0 aromatic heterocycles. The SMILES string of the molecule is CC(C)N(C)S(=O)(=O)c1cccc(C(=O)NCc2ccccc2S(=O)(=O)N(C)C)c1. The van der Waals surface area contributed by atoms with Crippen LogP contribution in [0.5, 0.6) is 0 Å². The van der Waals surface area contributed by atoms with Crippen LogP contribution in [0.4, 0.5) is 0 Å². The van der Waals surface area contributed by atoms with Crippen LogP contribution in [0.2, 0.25) is 0 Å². The molecule has 0 aliphatic carbocycles. The Morgan fingerprint density at radius 2 is 1.57 bits per heavy atom. The van der Waals surface area contributed by atoms with Gasteiger partial charge in [-0.3, -0.25) is 4.79 Å². The highest BCUT2D eigenvalue weighted by Crippen LogP contribution is 2.20. The molecule has 2 aromatic carbocycles. The maximum atomic E-state index is 12.7. The lowest BCUT2D eigenvalue weighted by Gasteiger charge is -2.21. The zero-order chi connectivity index (χ0) is 22.7. The van der Waals surface area contributed by atoms with Crippen LogP contribution >= 0.6 is 0 Å². The first kappa shape index (κ1) is 24.0. The molecule has 0 saturated carbocycles. The van der Waals surface area contributed by atoms with Gasteiger partial charge >= 0.3 is 0 Å². The third-order valence-corrected chi connectivity index (χ3v) is 8.62. The predicted molar refractivity (Wildman–Crippen MR) is 115 cm³/mol. The smallest absolute Gasteiger partial charge is 0.251 e. The summed E-state index contributed by atoms with van der Waals surface area (Å²) in [6.45, 7) is 3.49. The largest absolute Gasteiger partial charge is 0.348 e. The molecule has 1 amide bonds. The topological polar surface area (TPSA) is 104 Å². The Bertz CT molecular complexity index is 1130. The van der Waals surface area contributed by atoms with Gasteiger partial charge in [-0.15, -0.1) is 0 Å². The predicted octanol–water partition coefficient (Wildman–Crippen LogP) is 1.90. The number of carbonyl (C=O) groups is 1. The van der Waals surface area contributed by atoms with Crippen molar-refractivity contribution in [2.75, 3.05) is 21.1 Å². The summed E-state index contributed by atoms with van der Waals surface area (Å²) in [6, 6.07) is 11.9. The van der Waals surface area contributed by atoms with Crippen molar-refractivity contribution >= 4 is 26.0 Å². The van der Waals surface area contributed by atoms with Crippen molar-refractivity contribution in [2.24, 2.45) is 0 Å². The van der Waals surface area contributed by atoms with Gasteiger partial charge in [0, 0.05) is 39.3 Å². The summed E-state index contributed by atoms with van der Waals surface area (Å²) in [5.41, 5.74) is 0.601. The van der Waals surface area contributed by atoms with Gasteiger partial charge in [-0.25, -0.2) is 21.1 Å². The molecule has 1 N–H and O–H groups in total. The third kappa shape index (κ3) is 5.07. The Labute approximate surface area is 178 Å². The van der Waals surface area contributed by atoms with E-state index in [1.165, 1.54) is 55.8 Å². The number of nitrogens with zero attached hydrogens (tertiary/aromatic N) is 2. The number of hydrogen-bond donors (Lipinski definition) is 1. The van der Waals surface area contributed by atoms with Crippen LogP contribution in [0.15, 0.2) is 58.3 Å². The van der Waals surface area contributed by atoms with Crippen molar-refractivity contribution in [2.45, 2.75) is 36.2 Å². The normalized spacial score (nSPS) is 12.5. The highest BCUT2D eigenvalue weighted by molar-refractivity contribution is 7.89.